The van der Waals surface area contributed by atoms with Crippen molar-refractivity contribution in [1.82, 2.24) is 0 Å². The number of anilines is 6. The summed E-state index contributed by atoms with van der Waals surface area (Å²) in [7, 11) is 1.68. The van der Waals surface area contributed by atoms with Gasteiger partial charge >= 0.3 is 0 Å². The fourth-order valence-corrected chi connectivity index (χ4v) is 5.14. The summed E-state index contributed by atoms with van der Waals surface area (Å²) in [6, 6.07) is 54.2. The summed E-state index contributed by atoms with van der Waals surface area (Å²) < 4.78 is 5.38. The highest BCUT2D eigenvalue weighted by Crippen LogP contribution is 2.38. The number of aliphatic hydroxyl groups is 1. The molecule has 0 bridgehead atoms. The second-order valence-electron chi connectivity index (χ2n) is 9.96. The predicted molar refractivity (Wildman–Crippen MR) is 174 cm³/mol. The summed E-state index contributed by atoms with van der Waals surface area (Å²) in [5.74, 6) is 0.832. The monoisotopic (exact) mass is 548 g/mol. The zero-order valence-corrected chi connectivity index (χ0v) is 23.5. The third-order valence-electron chi connectivity index (χ3n) is 7.32. The summed E-state index contributed by atoms with van der Waals surface area (Å²) in [6.07, 6.45) is 0. The molecule has 0 atom stereocenters. The number of methoxy groups -OCH3 is 1. The lowest BCUT2D eigenvalue weighted by Gasteiger charge is -2.26. The van der Waals surface area contributed by atoms with E-state index in [-0.39, 0.29) is 6.61 Å². The molecular formula is C38H32N2O2. The van der Waals surface area contributed by atoms with E-state index in [1.165, 1.54) is 0 Å². The number of nitrogens with zero attached hydrogens (tertiary/aromatic N) is 2. The lowest BCUT2D eigenvalue weighted by atomic mass is 10.0. The fourth-order valence-electron chi connectivity index (χ4n) is 5.14. The normalized spacial score (nSPS) is 10.7. The van der Waals surface area contributed by atoms with Gasteiger partial charge in [-0.1, -0.05) is 72.8 Å². The molecular weight excluding hydrogens is 516 g/mol. The Morgan fingerprint density at radius 1 is 0.429 bits per heavy atom. The highest BCUT2D eigenvalue weighted by atomic mass is 16.5. The van der Waals surface area contributed by atoms with E-state index in [1.54, 1.807) is 7.11 Å². The number of benzene rings is 6. The van der Waals surface area contributed by atoms with Gasteiger partial charge in [-0.05, 0) is 102 Å². The number of aliphatic hydroxyl groups excluding tert-OH is 1. The molecule has 6 aromatic rings. The fraction of sp³-hybridized carbons (Fsp3) is 0.0526. The van der Waals surface area contributed by atoms with Crippen molar-refractivity contribution < 1.29 is 9.84 Å². The number of ether oxygens (including phenoxy) is 1. The number of rotatable bonds is 9. The zero-order chi connectivity index (χ0) is 28.7. The van der Waals surface area contributed by atoms with E-state index in [2.05, 4.69) is 107 Å². The van der Waals surface area contributed by atoms with Crippen LogP contribution in [-0.2, 0) is 6.61 Å². The first-order chi connectivity index (χ1) is 20.7. The molecule has 0 heterocycles. The smallest absolute Gasteiger partial charge is 0.119 e. The van der Waals surface area contributed by atoms with Crippen molar-refractivity contribution in [2.24, 2.45) is 0 Å². The minimum absolute atomic E-state index is 0.0301. The van der Waals surface area contributed by atoms with Crippen LogP contribution in [0, 0.1) is 0 Å². The Bertz CT molecular complexity index is 1570. The van der Waals surface area contributed by atoms with Crippen molar-refractivity contribution in [2.45, 2.75) is 6.61 Å². The van der Waals surface area contributed by atoms with Crippen LogP contribution in [0.15, 0.2) is 158 Å². The Labute approximate surface area is 247 Å². The van der Waals surface area contributed by atoms with E-state index in [9.17, 15) is 5.11 Å². The molecule has 0 aliphatic rings. The molecule has 0 radical (unpaired) electrons. The van der Waals surface area contributed by atoms with Gasteiger partial charge in [-0.2, -0.15) is 0 Å². The minimum atomic E-state index is 0.0301. The molecule has 0 fully saturated rings. The maximum atomic E-state index is 9.50. The van der Waals surface area contributed by atoms with Gasteiger partial charge in [0.05, 0.1) is 13.7 Å². The van der Waals surface area contributed by atoms with Crippen LogP contribution in [0.3, 0.4) is 0 Å². The summed E-state index contributed by atoms with van der Waals surface area (Å²) in [5.41, 5.74) is 9.59. The Morgan fingerprint density at radius 3 is 1.12 bits per heavy atom. The first-order valence-electron chi connectivity index (χ1n) is 14.0. The summed E-state index contributed by atoms with van der Waals surface area (Å²) in [4.78, 5) is 4.47. The van der Waals surface area contributed by atoms with Gasteiger partial charge in [-0.3, -0.25) is 0 Å². The first-order valence-corrected chi connectivity index (χ1v) is 14.0. The summed E-state index contributed by atoms with van der Waals surface area (Å²) in [6.45, 7) is 0.0301. The summed E-state index contributed by atoms with van der Waals surface area (Å²) in [5, 5.41) is 9.50. The lowest BCUT2D eigenvalue weighted by molar-refractivity contribution is 0.282. The Morgan fingerprint density at radius 2 is 0.762 bits per heavy atom. The van der Waals surface area contributed by atoms with E-state index in [4.69, 9.17) is 4.74 Å². The van der Waals surface area contributed by atoms with Crippen LogP contribution in [-0.4, -0.2) is 12.2 Å². The third-order valence-corrected chi connectivity index (χ3v) is 7.32. The van der Waals surface area contributed by atoms with Crippen molar-refractivity contribution in [2.75, 3.05) is 16.9 Å². The van der Waals surface area contributed by atoms with Gasteiger partial charge in [0.15, 0.2) is 0 Å². The van der Waals surface area contributed by atoms with Crippen LogP contribution in [0.5, 0.6) is 5.75 Å². The van der Waals surface area contributed by atoms with Crippen molar-refractivity contribution in [3.8, 4) is 16.9 Å². The van der Waals surface area contributed by atoms with Crippen molar-refractivity contribution >= 4 is 34.1 Å². The SMILES string of the molecule is COc1ccc(N(c2ccccc2)c2ccc(-c3ccc(N(c4ccccc4)c4ccc(CO)cc4)cc3)cc2)cc1. The molecule has 1 N–H and O–H groups in total. The van der Waals surface area contributed by atoms with Crippen LogP contribution >= 0.6 is 0 Å². The standard InChI is InChI=1S/C38H32N2O2/c1-42-38-26-24-37(25-27-38)40(33-10-6-3-7-11-33)36-22-16-31(17-23-36)30-14-20-35(21-15-30)39(32-8-4-2-5-9-32)34-18-12-29(28-41)13-19-34/h2-27,41H,28H2,1H3. The predicted octanol–water partition coefficient (Wildman–Crippen LogP) is 9.79. The van der Waals surface area contributed by atoms with Gasteiger partial charge in [-0.25, -0.2) is 0 Å². The second kappa shape index (κ2) is 12.5. The van der Waals surface area contributed by atoms with Gasteiger partial charge in [0.1, 0.15) is 5.75 Å². The third kappa shape index (κ3) is 5.75. The number of hydrogen-bond acceptors (Lipinski definition) is 4. The molecule has 0 aromatic heterocycles. The van der Waals surface area contributed by atoms with E-state index < -0.39 is 0 Å². The summed E-state index contributed by atoms with van der Waals surface area (Å²) >= 11 is 0. The van der Waals surface area contributed by atoms with Crippen molar-refractivity contribution in [3.05, 3.63) is 163 Å². The molecule has 0 unspecified atom stereocenters. The van der Waals surface area contributed by atoms with Gasteiger partial charge in [-0.15, -0.1) is 0 Å². The maximum absolute atomic E-state index is 9.50. The van der Waals surface area contributed by atoms with Crippen LogP contribution in [0.2, 0.25) is 0 Å². The molecule has 206 valence electrons. The Hall–Kier alpha value is -5.32. The second-order valence-corrected chi connectivity index (χ2v) is 9.96. The average Bonchev–Trinajstić information content (AvgIpc) is 3.07. The van der Waals surface area contributed by atoms with Crippen LogP contribution < -0.4 is 14.5 Å². The number of para-hydroxylation sites is 2. The van der Waals surface area contributed by atoms with Crippen LogP contribution in [0.4, 0.5) is 34.1 Å². The quantitative estimate of drug-likeness (QED) is 0.195. The van der Waals surface area contributed by atoms with Gasteiger partial charge in [0, 0.05) is 34.1 Å². The average molecular weight is 549 g/mol. The molecule has 42 heavy (non-hydrogen) atoms. The van der Waals surface area contributed by atoms with Gasteiger partial charge in [0.2, 0.25) is 0 Å². The largest absolute Gasteiger partial charge is 0.497 e. The van der Waals surface area contributed by atoms with E-state index in [0.29, 0.717) is 0 Å². The number of hydrogen-bond donors (Lipinski definition) is 1. The minimum Gasteiger partial charge on any atom is -0.497 e. The molecule has 0 spiro atoms. The zero-order valence-electron chi connectivity index (χ0n) is 23.5. The molecule has 0 saturated carbocycles. The molecule has 6 aromatic carbocycles. The molecule has 6 rings (SSSR count). The lowest BCUT2D eigenvalue weighted by Crippen LogP contribution is -2.10. The van der Waals surface area contributed by atoms with Gasteiger partial charge in [0.25, 0.3) is 0 Å². The van der Waals surface area contributed by atoms with Crippen molar-refractivity contribution in [3.63, 3.8) is 0 Å². The maximum Gasteiger partial charge on any atom is 0.119 e. The Balaban J connectivity index is 1.30. The van der Waals surface area contributed by atoms with E-state index >= 15 is 0 Å². The molecule has 0 saturated heterocycles. The molecule has 0 aliphatic heterocycles. The van der Waals surface area contributed by atoms with Gasteiger partial charge < -0.3 is 19.6 Å². The first kappa shape index (κ1) is 26.9. The van der Waals surface area contributed by atoms with Crippen LogP contribution in [0.25, 0.3) is 11.1 Å². The van der Waals surface area contributed by atoms with Crippen molar-refractivity contribution in [1.29, 1.82) is 0 Å². The van der Waals surface area contributed by atoms with Crippen LogP contribution in [0.1, 0.15) is 5.56 Å². The molecule has 0 aliphatic carbocycles. The molecule has 0 amide bonds. The topological polar surface area (TPSA) is 35.9 Å². The Kier molecular flexibility index (Phi) is 7.98. The molecule has 4 heteroatoms. The van der Waals surface area contributed by atoms with E-state index in [1.807, 2.05) is 60.7 Å². The molecule has 4 nitrogen and oxygen atoms in total. The highest BCUT2D eigenvalue weighted by molar-refractivity contribution is 5.80. The highest BCUT2D eigenvalue weighted by Gasteiger charge is 2.14. The van der Waals surface area contributed by atoms with E-state index in [0.717, 1.165) is 56.6 Å².